The van der Waals surface area contributed by atoms with E-state index in [2.05, 4.69) is 33.4 Å². The Kier molecular flexibility index (Phi) is 2.88. The van der Waals surface area contributed by atoms with Gasteiger partial charge in [0.2, 0.25) is 0 Å². The van der Waals surface area contributed by atoms with Gasteiger partial charge < -0.3 is 0 Å². The monoisotopic (exact) mass is 282 g/mol. The van der Waals surface area contributed by atoms with Gasteiger partial charge in [0.15, 0.2) is 0 Å². The summed E-state index contributed by atoms with van der Waals surface area (Å²) in [6.07, 6.45) is 13.9. The molecule has 0 aliphatic heterocycles. The van der Waals surface area contributed by atoms with Gasteiger partial charge in [-0.2, -0.15) is 0 Å². The van der Waals surface area contributed by atoms with Crippen LogP contribution in [-0.2, 0) is 0 Å². The van der Waals surface area contributed by atoms with Crippen LogP contribution < -0.4 is 0 Å². The Bertz CT molecular complexity index is 561. The Morgan fingerprint density at radius 1 is 1.24 bits per heavy atom. The molecule has 4 rings (SSSR count). The predicted octanol–water partition coefficient (Wildman–Crippen LogP) is 6.21. The molecular formula is C21H30. The van der Waals surface area contributed by atoms with Crippen molar-refractivity contribution in [2.45, 2.75) is 72.1 Å². The van der Waals surface area contributed by atoms with Crippen LogP contribution in [0.25, 0.3) is 0 Å². The Morgan fingerprint density at radius 2 is 2.05 bits per heavy atom. The lowest BCUT2D eigenvalue weighted by Crippen LogP contribution is -2.47. The summed E-state index contributed by atoms with van der Waals surface area (Å²) in [5, 5.41) is 0. The molecule has 0 N–H and O–H groups in total. The summed E-state index contributed by atoms with van der Waals surface area (Å²) < 4.78 is 0. The van der Waals surface area contributed by atoms with E-state index in [9.17, 15) is 0 Å². The van der Waals surface area contributed by atoms with Gasteiger partial charge in [0, 0.05) is 5.41 Å². The van der Waals surface area contributed by atoms with Crippen LogP contribution in [0.4, 0.5) is 0 Å². The zero-order valence-corrected chi connectivity index (χ0v) is 14.1. The number of allylic oxidation sites excluding steroid dienone is 5. The summed E-state index contributed by atoms with van der Waals surface area (Å²) >= 11 is 0. The standard InChI is InChI=1S/C21H30/c1-14(2)17-8-9-20(4)19(12-17)15(3)11-18-6-5-16-7-10-21(18,20)13-16/h11,16-17H,1,5-10,12-13H2,2-4H3/t16-,17+,20+,21-/m0/s1. The Labute approximate surface area is 130 Å². The molecule has 0 unspecified atom stereocenters. The predicted molar refractivity (Wildman–Crippen MR) is 90.1 cm³/mol. The molecule has 0 heterocycles. The van der Waals surface area contributed by atoms with Crippen molar-refractivity contribution in [2.75, 3.05) is 0 Å². The van der Waals surface area contributed by atoms with Crippen LogP contribution >= 0.6 is 0 Å². The highest BCUT2D eigenvalue weighted by Gasteiger charge is 2.59. The molecule has 114 valence electrons. The average Bonchev–Trinajstić information content (AvgIpc) is 2.80. The molecule has 0 aromatic heterocycles. The van der Waals surface area contributed by atoms with E-state index in [1.165, 1.54) is 56.9 Å². The minimum absolute atomic E-state index is 0.461. The van der Waals surface area contributed by atoms with Crippen molar-refractivity contribution in [3.05, 3.63) is 34.9 Å². The lowest BCUT2D eigenvalue weighted by atomic mass is 9.47. The van der Waals surface area contributed by atoms with E-state index in [-0.39, 0.29) is 0 Å². The van der Waals surface area contributed by atoms with Crippen molar-refractivity contribution in [3.8, 4) is 0 Å². The molecule has 0 aromatic rings. The first-order valence-corrected chi connectivity index (χ1v) is 9.03. The van der Waals surface area contributed by atoms with Gasteiger partial charge in [0.25, 0.3) is 0 Å². The van der Waals surface area contributed by atoms with Crippen LogP contribution in [0.2, 0.25) is 0 Å². The second kappa shape index (κ2) is 4.37. The number of fused-ring (bicyclic) bond motifs is 2. The second-order valence-electron chi connectivity index (χ2n) is 8.68. The van der Waals surface area contributed by atoms with Crippen LogP contribution in [0.3, 0.4) is 0 Å². The van der Waals surface area contributed by atoms with Gasteiger partial charge in [-0.15, -0.1) is 0 Å². The molecule has 3 saturated carbocycles. The summed E-state index contributed by atoms with van der Waals surface area (Å²) in [6, 6.07) is 0. The van der Waals surface area contributed by atoms with Crippen LogP contribution in [0.1, 0.15) is 72.1 Å². The van der Waals surface area contributed by atoms with Crippen molar-refractivity contribution in [1.29, 1.82) is 0 Å². The summed E-state index contributed by atoms with van der Waals surface area (Å²) in [6.45, 7) is 11.5. The molecule has 4 aliphatic carbocycles. The Morgan fingerprint density at radius 3 is 2.81 bits per heavy atom. The van der Waals surface area contributed by atoms with Crippen LogP contribution in [0.5, 0.6) is 0 Å². The van der Waals surface area contributed by atoms with Crippen molar-refractivity contribution >= 4 is 0 Å². The summed E-state index contributed by atoms with van der Waals surface area (Å²) in [5.41, 5.74) is 7.64. The third-order valence-corrected chi connectivity index (χ3v) is 7.78. The summed E-state index contributed by atoms with van der Waals surface area (Å²) in [4.78, 5) is 0. The summed E-state index contributed by atoms with van der Waals surface area (Å²) in [7, 11) is 0. The van der Waals surface area contributed by atoms with Gasteiger partial charge in [0.05, 0.1) is 0 Å². The minimum atomic E-state index is 0.461. The van der Waals surface area contributed by atoms with Gasteiger partial charge in [-0.3, -0.25) is 0 Å². The molecule has 3 fully saturated rings. The number of hydrogen-bond donors (Lipinski definition) is 0. The molecular weight excluding hydrogens is 252 g/mol. The summed E-state index contributed by atoms with van der Waals surface area (Å²) in [5.74, 6) is 1.76. The van der Waals surface area contributed by atoms with E-state index < -0.39 is 0 Å². The Balaban J connectivity index is 1.82. The van der Waals surface area contributed by atoms with Crippen LogP contribution in [0, 0.1) is 22.7 Å². The number of rotatable bonds is 1. The molecule has 4 atom stereocenters. The maximum absolute atomic E-state index is 4.25. The second-order valence-corrected chi connectivity index (χ2v) is 8.68. The van der Waals surface area contributed by atoms with Crippen LogP contribution in [-0.4, -0.2) is 0 Å². The van der Waals surface area contributed by atoms with Gasteiger partial charge in [-0.25, -0.2) is 0 Å². The molecule has 0 amide bonds. The van der Waals surface area contributed by atoms with Gasteiger partial charge in [0.1, 0.15) is 0 Å². The van der Waals surface area contributed by atoms with E-state index >= 15 is 0 Å². The van der Waals surface area contributed by atoms with E-state index in [0.29, 0.717) is 10.8 Å². The fourth-order valence-electron chi connectivity index (χ4n) is 6.43. The molecule has 2 bridgehead atoms. The molecule has 21 heavy (non-hydrogen) atoms. The first kappa shape index (κ1) is 13.9. The average molecular weight is 282 g/mol. The zero-order valence-electron chi connectivity index (χ0n) is 14.1. The first-order valence-electron chi connectivity index (χ1n) is 9.03. The van der Waals surface area contributed by atoms with Crippen molar-refractivity contribution < 1.29 is 0 Å². The van der Waals surface area contributed by atoms with Gasteiger partial charge in [-0.05, 0) is 82.5 Å². The van der Waals surface area contributed by atoms with Crippen molar-refractivity contribution in [3.63, 3.8) is 0 Å². The maximum atomic E-state index is 4.25. The van der Waals surface area contributed by atoms with E-state index in [1.807, 2.05) is 5.57 Å². The lowest BCUT2D eigenvalue weighted by molar-refractivity contribution is 0.0691. The van der Waals surface area contributed by atoms with E-state index in [1.54, 1.807) is 11.1 Å². The molecule has 0 radical (unpaired) electrons. The fraction of sp³-hybridized carbons (Fsp3) is 0.714. The van der Waals surface area contributed by atoms with Crippen molar-refractivity contribution in [2.24, 2.45) is 22.7 Å². The van der Waals surface area contributed by atoms with E-state index in [4.69, 9.17) is 0 Å². The molecule has 0 heteroatoms. The van der Waals surface area contributed by atoms with Gasteiger partial charge >= 0.3 is 0 Å². The lowest BCUT2D eigenvalue weighted by Gasteiger charge is -2.57. The Hall–Kier alpha value is -0.780. The number of hydrogen-bond acceptors (Lipinski definition) is 0. The highest BCUT2D eigenvalue weighted by atomic mass is 14.6. The molecule has 0 saturated heterocycles. The minimum Gasteiger partial charge on any atom is -0.0998 e. The fourth-order valence-corrected chi connectivity index (χ4v) is 6.43. The van der Waals surface area contributed by atoms with E-state index in [0.717, 1.165) is 11.8 Å². The highest BCUT2D eigenvalue weighted by molar-refractivity contribution is 5.46. The molecule has 1 spiro atoms. The maximum Gasteiger partial charge on any atom is 0.000897 e. The SMILES string of the molecule is C=C(C)[C@@H]1CC[C@]2(C)C(=C(C)C=C3CC[C@H]4CC[C@]32C4)C1. The molecule has 0 nitrogen and oxygen atoms in total. The smallest absolute Gasteiger partial charge is 0.000897 e. The third kappa shape index (κ3) is 1.68. The first-order chi connectivity index (χ1) is 9.96. The normalized spacial score (nSPS) is 45.0. The van der Waals surface area contributed by atoms with Crippen molar-refractivity contribution in [1.82, 2.24) is 0 Å². The third-order valence-electron chi connectivity index (χ3n) is 7.78. The molecule has 0 aromatic carbocycles. The quantitative estimate of drug-likeness (QED) is 0.502. The van der Waals surface area contributed by atoms with Crippen LogP contribution in [0.15, 0.2) is 34.9 Å². The zero-order chi connectivity index (χ0) is 14.8. The van der Waals surface area contributed by atoms with Gasteiger partial charge in [-0.1, -0.05) is 41.9 Å². The topological polar surface area (TPSA) is 0 Å². The largest absolute Gasteiger partial charge is 0.0998 e. The highest BCUT2D eigenvalue weighted by Crippen LogP contribution is 2.70. The molecule has 4 aliphatic rings.